The van der Waals surface area contributed by atoms with Gasteiger partial charge in [0.15, 0.2) is 11.3 Å². The SMILES string of the molecule is CC1(O)N(CCC(=O)Nc2ccccc2F)C(=O)OC12CCCCC2. The van der Waals surface area contributed by atoms with Gasteiger partial charge in [-0.25, -0.2) is 9.18 Å². The van der Waals surface area contributed by atoms with Gasteiger partial charge in [0, 0.05) is 13.0 Å². The monoisotopic (exact) mass is 350 g/mol. The van der Waals surface area contributed by atoms with Gasteiger partial charge in [0.2, 0.25) is 5.91 Å². The number of nitrogens with one attached hydrogen (secondary N) is 1. The lowest BCUT2D eigenvalue weighted by atomic mass is 9.77. The van der Waals surface area contributed by atoms with Crippen molar-refractivity contribution < 1.29 is 23.8 Å². The molecule has 6 nitrogen and oxygen atoms in total. The molecule has 1 heterocycles. The number of para-hydroxylation sites is 1. The fourth-order valence-corrected chi connectivity index (χ4v) is 3.74. The van der Waals surface area contributed by atoms with Gasteiger partial charge in [0.1, 0.15) is 5.82 Å². The van der Waals surface area contributed by atoms with E-state index in [1.165, 1.54) is 23.1 Å². The maximum absolute atomic E-state index is 13.6. The third-order valence-electron chi connectivity index (χ3n) is 5.26. The number of halogens is 1. The zero-order valence-corrected chi connectivity index (χ0v) is 14.3. The largest absolute Gasteiger partial charge is 0.438 e. The third kappa shape index (κ3) is 3.20. The van der Waals surface area contributed by atoms with Crippen LogP contribution in [0.5, 0.6) is 0 Å². The first-order valence-electron chi connectivity index (χ1n) is 8.63. The van der Waals surface area contributed by atoms with E-state index in [0.29, 0.717) is 12.8 Å². The van der Waals surface area contributed by atoms with Gasteiger partial charge in [-0.1, -0.05) is 18.6 Å². The summed E-state index contributed by atoms with van der Waals surface area (Å²) in [6.07, 6.45) is 3.41. The van der Waals surface area contributed by atoms with Crippen molar-refractivity contribution in [2.45, 2.75) is 56.8 Å². The number of anilines is 1. The Labute approximate surface area is 146 Å². The van der Waals surface area contributed by atoms with Crippen molar-refractivity contribution in [3.05, 3.63) is 30.1 Å². The van der Waals surface area contributed by atoms with Gasteiger partial charge in [-0.15, -0.1) is 0 Å². The number of carbonyl (C=O) groups is 2. The van der Waals surface area contributed by atoms with Gasteiger partial charge in [-0.3, -0.25) is 9.69 Å². The molecule has 1 saturated carbocycles. The fraction of sp³-hybridized carbons (Fsp3) is 0.556. The lowest BCUT2D eigenvalue weighted by Gasteiger charge is -2.42. The van der Waals surface area contributed by atoms with Gasteiger partial charge in [-0.05, 0) is 44.7 Å². The molecule has 2 N–H and O–H groups in total. The number of nitrogens with zero attached hydrogens (tertiary/aromatic N) is 1. The van der Waals surface area contributed by atoms with E-state index < -0.39 is 29.1 Å². The Kier molecular flexibility index (Phi) is 4.69. The number of hydrogen-bond donors (Lipinski definition) is 2. The quantitative estimate of drug-likeness (QED) is 0.875. The highest BCUT2D eigenvalue weighted by molar-refractivity contribution is 5.91. The minimum absolute atomic E-state index is 0.00781. The lowest BCUT2D eigenvalue weighted by Crippen LogP contribution is -2.57. The molecule has 1 unspecified atom stereocenters. The number of amides is 2. The average Bonchev–Trinajstić information content (AvgIpc) is 2.74. The Morgan fingerprint density at radius 3 is 2.68 bits per heavy atom. The summed E-state index contributed by atoms with van der Waals surface area (Å²) in [5.41, 5.74) is -2.26. The van der Waals surface area contributed by atoms with Crippen LogP contribution in [0.2, 0.25) is 0 Å². The van der Waals surface area contributed by atoms with E-state index in [1.807, 2.05) is 0 Å². The van der Waals surface area contributed by atoms with Crippen LogP contribution < -0.4 is 5.32 Å². The third-order valence-corrected chi connectivity index (χ3v) is 5.26. The summed E-state index contributed by atoms with van der Waals surface area (Å²) < 4.78 is 19.1. The zero-order chi connectivity index (χ0) is 18.1. The number of ether oxygens (including phenoxy) is 1. The maximum atomic E-state index is 13.6. The van der Waals surface area contributed by atoms with Gasteiger partial charge in [0.05, 0.1) is 5.69 Å². The molecule has 3 rings (SSSR count). The topological polar surface area (TPSA) is 78.9 Å². The van der Waals surface area contributed by atoms with E-state index in [4.69, 9.17) is 4.74 Å². The van der Waals surface area contributed by atoms with Crippen LogP contribution in [0, 0.1) is 5.82 Å². The van der Waals surface area contributed by atoms with Crippen LogP contribution in [0.15, 0.2) is 24.3 Å². The predicted molar refractivity (Wildman–Crippen MR) is 89.3 cm³/mol. The molecule has 2 fully saturated rings. The molecule has 1 aromatic carbocycles. The van der Waals surface area contributed by atoms with E-state index in [1.54, 1.807) is 13.0 Å². The Balaban J connectivity index is 1.63. The summed E-state index contributed by atoms with van der Waals surface area (Å²) in [6, 6.07) is 5.87. The summed E-state index contributed by atoms with van der Waals surface area (Å²) in [4.78, 5) is 25.5. The van der Waals surface area contributed by atoms with E-state index in [-0.39, 0.29) is 18.7 Å². The van der Waals surface area contributed by atoms with E-state index in [2.05, 4.69) is 5.32 Å². The summed E-state index contributed by atoms with van der Waals surface area (Å²) in [7, 11) is 0. The van der Waals surface area contributed by atoms with Crippen LogP contribution in [-0.2, 0) is 9.53 Å². The average molecular weight is 350 g/mol. The summed E-state index contributed by atoms with van der Waals surface area (Å²) in [6.45, 7) is 1.58. The first kappa shape index (κ1) is 17.7. The van der Waals surface area contributed by atoms with Crippen molar-refractivity contribution >= 4 is 17.7 Å². The van der Waals surface area contributed by atoms with Crippen molar-refractivity contribution in [2.24, 2.45) is 0 Å². The second kappa shape index (κ2) is 6.63. The number of hydrogen-bond acceptors (Lipinski definition) is 4. The normalized spacial score (nSPS) is 25.1. The summed E-state index contributed by atoms with van der Waals surface area (Å²) in [5, 5.41) is 13.4. The van der Waals surface area contributed by atoms with Crippen LogP contribution in [0.25, 0.3) is 0 Å². The highest BCUT2D eigenvalue weighted by Crippen LogP contribution is 2.46. The molecule has 1 atom stereocenters. The van der Waals surface area contributed by atoms with Crippen LogP contribution in [-0.4, -0.2) is 39.9 Å². The molecule has 1 aliphatic heterocycles. The van der Waals surface area contributed by atoms with Crippen molar-refractivity contribution in [1.82, 2.24) is 4.90 Å². The number of rotatable bonds is 4. The van der Waals surface area contributed by atoms with Gasteiger partial charge < -0.3 is 15.2 Å². The Hall–Kier alpha value is -2.15. The number of carbonyl (C=O) groups excluding carboxylic acids is 2. The van der Waals surface area contributed by atoms with Crippen LogP contribution >= 0.6 is 0 Å². The molecule has 1 spiro atoms. The minimum atomic E-state index is -1.46. The molecule has 1 aliphatic carbocycles. The fourth-order valence-electron chi connectivity index (χ4n) is 3.74. The molecule has 2 aliphatic rings. The van der Waals surface area contributed by atoms with Crippen molar-refractivity contribution in [1.29, 1.82) is 0 Å². The van der Waals surface area contributed by atoms with Crippen molar-refractivity contribution in [3.8, 4) is 0 Å². The van der Waals surface area contributed by atoms with E-state index >= 15 is 0 Å². The highest BCUT2D eigenvalue weighted by atomic mass is 19.1. The van der Waals surface area contributed by atoms with E-state index in [0.717, 1.165) is 19.3 Å². The molecule has 25 heavy (non-hydrogen) atoms. The number of benzene rings is 1. The highest BCUT2D eigenvalue weighted by Gasteiger charge is 2.61. The first-order chi connectivity index (χ1) is 11.9. The molecular formula is C18H23FN2O4. The van der Waals surface area contributed by atoms with Crippen molar-refractivity contribution in [3.63, 3.8) is 0 Å². The molecular weight excluding hydrogens is 327 g/mol. The molecule has 0 bridgehead atoms. The number of aliphatic hydroxyl groups is 1. The Morgan fingerprint density at radius 1 is 1.32 bits per heavy atom. The summed E-state index contributed by atoms with van der Waals surface area (Å²) in [5.74, 6) is -0.956. The zero-order valence-electron chi connectivity index (χ0n) is 14.3. The Morgan fingerprint density at radius 2 is 2.00 bits per heavy atom. The van der Waals surface area contributed by atoms with Gasteiger partial charge in [-0.2, -0.15) is 0 Å². The summed E-state index contributed by atoms with van der Waals surface area (Å²) >= 11 is 0. The van der Waals surface area contributed by atoms with Crippen molar-refractivity contribution in [2.75, 3.05) is 11.9 Å². The Bertz CT molecular complexity index is 671. The second-order valence-electron chi connectivity index (χ2n) is 6.87. The maximum Gasteiger partial charge on any atom is 0.412 e. The standard InChI is InChI=1S/C18H23FN2O4/c1-17(24)18(10-5-2-6-11-18)25-16(23)21(17)12-9-15(22)20-14-8-4-3-7-13(14)19/h3-4,7-8,24H,2,5-6,9-12H2,1H3,(H,20,22). The molecule has 7 heteroatoms. The first-order valence-corrected chi connectivity index (χ1v) is 8.63. The molecule has 0 aromatic heterocycles. The van der Waals surface area contributed by atoms with Crippen LogP contribution in [0.4, 0.5) is 14.9 Å². The lowest BCUT2D eigenvalue weighted by molar-refractivity contribution is -0.159. The smallest absolute Gasteiger partial charge is 0.412 e. The molecule has 1 saturated heterocycles. The second-order valence-corrected chi connectivity index (χ2v) is 6.87. The predicted octanol–water partition coefficient (Wildman–Crippen LogP) is 3.02. The van der Waals surface area contributed by atoms with Gasteiger partial charge in [0.25, 0.3) is 0 Å². The van der Waals surface area contributed by atoms with Crippen LogP contribution in [0.3, 0.4) is 0 Å². The molecule has 136 valence electrons. The van der Waals surface area contributed by atoms with Crippen LogP contribution in [0.1, 0.15) is 45.4 Å². The molecule has 0 radical (unpaired) electrons. The van der Waals surface area contributed by atoms with Gasteiger partial charge >= 0.3 is 6.09 Å². The molecule has 2 amide bonds. The van der Waals surface area contributed by atoms with E-state index in [9.17, 15) is 19.1 Å². The minimum Gasteiger partial charge on any atom is -0.438 e. The molecule has 1 aromatic rings.